The molecule has 0 fully saturated rings. The molecule has 3 aromatic heterocycles. The van der Waals surface area contributed by atoms with Gasteiger partial charge in [-0.25, -0.2) is 23.6 Å². The maximum Gasteiger partial charge on any atom is 0.281 e. The van der Waals surface area contributed by atoms with Crippen molar-refractivity contribution >= 4 is 26.9 Å². The lowest BCUT2D eigenvalue weighted by atomic mass is 10.0. The summed E-state index contributed by atoms with van der Waals surface area (Å²) in [5.41, 5.74) is 1.22. The number of halogens is 1. The van der Waals surface area contributed by atoms with Gasteiger partial charge in [-0.15, -0.1) is 0 Å². The number of aryl methyl sites for hydroxylation is 2. The number of aromatic nitrogens is 6. The Bertz CT molecular complexity index is 1280. The van der Waals surface area contributed by atoms with Crippen molar-refractivity contribution in [3.05, 3.63) is 48.3 Å². The summed E-state index contributed by atoms with van der Waals surface area (Å²) in [4.78, 5) is 14.8. The Kier molecular flexibility index (Phi) is 4.11. The highest BCUT2D eigenvalue weighted by atomic mass is 32.2. The van der Waals surface area contributed by atoms with Crippen LogP contribution in [0.5, 0.6) is 0 Å². The van der Waals surface area contributed by atoms with E-state index in [-0.39, 0.29) is 16.5 Å². The summed E-state index contributed by atoms with van der Waals surface area (Å²) in [7, 11) is -0.988. The van der Waals surface area contributed by atoms with E-state index < -0.39 is 15.8 Å². The number of rotatable bonds is 4. The van der Waals surface area contributed by atoms with Gasteiger partial charge in [0.1, 0.15) is 12.1 Å². The van der Waals surface area contributed by atoms with Gasteiger partial charge in [-0.2, -0.15) is 13.5 Å². The molecule has 28 heavy (non-hydrogen) atoms. The molecule has 11 heteroatoms. The summed E-state index contributed by atoms with van der Waals surface area (Å²) >= 11 is 0. The van der Waals surface area contributed by atoms with E-state index >= 15 is 0 Å². The zero-order chi connectivity index (χ0) is 20.1. The van der Waals surface area contributed by atoms with E-state index in [0.29, 0.717) is 22.3 Å². The monoisotopic (exact) mass is 401 g/mol. The van der Waals surface area contributed by atoms with Crippen molar-refractivity contribution in [3.63, 3.8) is 0 Å². The normalized spacial score (nSPS) is 11.9. The van der Waals surface area contributed by atoms with E-state index in [9.17, 15) is 12.8 Å². The zero-order valence-electron chi connectivity index (χ0n) is 15.3. The molecule has 9 nitrogen and oxygen atoms in total. The molecule has 0 spiro atoms. The van der Waals surface area contributed by atoms with Crippen molar-refractivity contribution in [2.75, 3.05) is 11.4 Å². The molecule has 0 aliphatic heterocycles. The third kappa shape index (κ3) is 2.80. The molecule has 0 aliphatic rings. The molecule has 0 radical (unpaired) electrons. The molecule has 4 aromatic rings. The van der Waals surface area contributed by atoms with Gasteiger partial charge in [-0.1, -0.05) is 0 Å². The van der Waals surface area contributed by atoms with Crippen LogP contribution in [0.4, 0.5) is 10.3 Å². The molecular formula is C17H16FN7O2S. The molecule has 0 bridgehead atoms. The summed E-state index contributed by atoms with van der Waals surface area (Å²) in [6, 6.07) is 4.29. The van der Waals surface area contributed by atoms with Crippen molar-refractivity contribution < 1.29 is 12.8 Å². The number of sulfonamides is 1. The molecule has 0 atom stereocenters. The van der Waals surface area contributed by atoms with Crippen molar-refractivity contribution in [3.8, 4) is 11.4 Å². The number of hydrogen-bond donors (Lipinski definition) is 1. The van der Waals surface area contributed by atoms with Crippen LogP contribution >= 0.6 is 0 Å². The maximum absolute atomic E-state index is 14.6. The van der Waals surface area contributed by atoms with Gasteiger partial charge in [0.2, 0.25) is 5.95 Å². The van der Waals surface area contributed by atoms with Crippen molar-refractivity contribution in [1.82, 2.24) is 29.7 Å². The minimum Gasteiger partial charge on any atom is -0.342 e. The van der Waals surface area contributed by atoms with E-state index in [1.165, 1.54) is 42.6 Å². The fraction of sp³-hybridized carbons (Fsp3) is 0.176. The van der Waals surface area contributed by atoms with Gasteiger partial charge in [0.05, 0.1) is 5.52 Å². The van der Waals surface area contributed by atoms with Crippen LogP contribution in [0.25, 0.3) is 22.3 Å². The van der Waals surface area contributed by atoms with Gasteiger partial charge in [0.15, 0.2) is 10.9 Å². The molecule has 0 saturated carbocycles. The second kappa shape index (κ2) is 6.37. The lowest BCUT2D eigenvalue weighted by Crippen LogP contribution is -2.28. The van der Waals surface area contributed by atoms with Crippen LogP contribution in [0.15, 0.2) is 41.9 Å². The van der Waals surface area contributed by atoms with E-state index in [4.69, 9.17) is 0 Å². The number of nitrogens with one attached hydrogen (secondary N) is 1. The highest BCUT2D eigenvalue weighted by Crippen LogP contribution is 2.34. The van der Waals surface area contributed by atoms with Crippen LogP contribution < -0.4 is 4.31 Å². The number of H-pyrrole nitrogens is 1. The maximum atomic E-state index is 14.6. The Morgan fingerprint density at radius 1 is 1.18 bits per heavy atom. The minimum atomic E-state index is -4.04. The molecular weight excluding hydrogens is 385 g/mol. The van der Waals surface area contributed by atoms with Crippen molar-refractivity contribution in [2.45, 2.75) is 11.9 Å². The van der Waals surface area contributed by atoms with Gasteiger partial charge in [-0.05, 0) is 30.7 Å². The van der Waals surface area contributed by atoms with Crippen LogP contribution in [0.2, 0.25) is 0 Å². The fourth-order valence-electron chi connectivity index (χ4n) is 2.96. The van der Waals surface area contributed by atoms with Gasteiger partial charge >= 0.3 is 0 Å². The first-order chi connectivity index (χ1) is 13.3. The Balaban J connectivity index is 1.92. The molecule has 1 aromatic carbocycles. The van der Waals surface area contributed by atoms with Crippen LogP contribution in [0.1, 0.15) is 5.56 Å². The van der Waals surface area contributed by atoms with E-state index in [1.54, 1.807) is 20.0 Å². The Hall–Kier alpha value is -3.34. The zero-order valence-corrected chi connectivity index (χ0v) is 16.1. The number of benzene rings is 1. The predicted molar refractivity (Wildman–Crippen MR) is 101 cm³/mol. The first-order valence-corrected chi connectivity index (χ1v) is 9.67. The van der Waals surface area contributed by atoms with E-state index in [1.807, 2.05) is 0 Å². The third-order valence-electron chi connectivity index (χ3n) is 4.33. The van der Waals surface area contributed by atoms with Crippen LogP contribution in [-0.2, 0) is 17.1 Å². The Labute approximate surface area is 159 Å². The molecule has 0 unspecified atom stereocenters. The molecule has 0 aliphatic carbocycles. The largest absolute Gasteiger partial charge is 0.342 e. The second-order valence-corrected chi connectivity index (χ2v) is 8.17. The SMILES string of the molecule is Cc1cc(F)c2[nH]c(S(=O)(=O)N(C)c3ncccn3)cc2c1-c1ncn(C)n1. The first kappa shape index (κ1) is 18.0. The summed E-state index contributed by atoms with van der Waals surface area (Å²) in [5.74, 6) is -0.177. The smallest absolute Gasteiger partial charge is 0.281 e. The standard InChI is InChI=1S/C17H16FN7O2S/c1-10-7-12(18)15-11(14(10)16-21-9-24(2)23-16)8-13(22-15)28(26,27)25(3)17-19-5-4-6-20-17/h4-9,22H,1-3H3. The van der Waals surface area contributed by atoms with Crippen LogP contribution in [-0.4, -0.2) is 45.2 Å². The van der Waals surface area contributed by atoms with E-state index in [2.05, 4.69) is 25.0 Å². The summed E-state index contributed by atoms with van der Waals surface area (Å²) in [6.45, 7) is 1.72. The molecule has 1 N–H and O–H groups in total. The third-order valence-corrected chi connectivity index (χ3v) is 5.99. The minimum absolute atomic E-state index is 0.00410. The molecule has 4 rings (SSSR count). The molecule has 0 amide bonds. The van der Waals surface area contributed by atoms with E-state index in [0.717, 1.165) is 4.31 Å². The molecule has 0 saturated heterocycles. The van der Waals surface area contributed by atoms with Gasteiger partial charge in [-0.3, -0.25) is 4.68 Å². The highest BCUT2D eigenvalue weighted by molar-refractivity contribution is 7.92. The van der Waals surface area contributed by atoms with Gasteiger partial charge < -0.3 is 4.98 Å². The highest BCUT2D eigenvalue weighted by Gasteiger charge is 2.27. The van der Waals surface area contributed by atoms with Crippen molar-refractivity contribution in [1.29, 1.82) is 0 Å². The Morgan fingerprint density at radius 2 is 1.89 bits per heavy atom. The quantitative estimate of drug-likeness (QED) is 0.560. The summed E-state index contributed by atoms with van der Waals surface area (Å²) in [6.07, 6.45) is 4.40. The lowest BCUT2D eigenvalue weighted by Gasteiger charge is -2.15. The summed E-state index contributed by atoms with van der Waals surface area (Å²) in [5, 5.41) is 4.46. The number of aromatic amines is 1. The fourth-order valence-corrected chi connectivity index (χ4v) is 4.06. The number of nitrogens with zero attached hydrogens (tertiary/aromatic N) is 6. The number of hydrogen-bond acceptors (Lipinski definition) is 6. The van der Waals surface area contributed by atoms with Crippen molar-refractivity contribution in [2.24, 2.45) is 7.05 Å². The van der Waals surface area contributed by atoms with Crippen LogP contribution in [0.3, 0.4) is 0 Å². The molecule has 3 heterocycles. The average molecular weight is 401 g/mol. The lowest BCUT2D eigenvalue weighted by molar-refractivity contribution is 0.590. The predicted octanol–water partition coefficient (Wildman–Crippen LogP) is 2.03. The van der Waals surface area contributed by atoms with Gasteiger partial charge in [0, 0.05) is 37.4 Å². The second-order valence-electron chi connectivity index (χ2n) is 6.24. The van der Waals surface area contributed by atoms with Gasteiger partial charge in [0.25, 0.3) is 10.0 Å². The molecule has 144 valence electrons. The summed E-state index contributed by atoms with van der Waals surface area (Å²) < 4.78 is 43.0. The number of fused-ring (bicyclic) bond motifs is 1. The number of anilines is 1. The Morgan fingerprint density at radius 3 is 2.54 bits per heavy atom. The first-order valence-electron chi connectivity index (χ1n) is 8.23. The van der Waals surface area contributed by atoms with Crippen LogP contribution in [0, 0.1) is 12.7 Å². The average Bonchev–Trinajstić information content (AvgIpc) is 3.29. The topological polar surface area (TPSA) is 110 Å².